The highest BCUT2D eigenvalue weighted by Gasteiger charge is 2.25. The fourth-order valence-electron chi connectivity index (χ4n) is 2.48. The predicted octanol–water partition coefficient (Wildman–Crippen LogP) is 0.673. The molecule has 98 valence electrons. The Hall–Kier alpha value is -0.260. The molecular formula is C12H22N2O2S. The Bertz CT molecular complexity index is 257. The average Bonchev–Trinajstić information content (AvgIpc) is 2.56. The Morgan fingerprint density at radius 2 is 2.12 bits per heavy atom. The third-order valence-electron chi connectivity index (χ3n) is 3.42. The first-order valence-electron chi connectivity index (χ1n) is 6.42. The van der Waals surface area contributed by atoms with Gasteiger partial charge in [-0.25, -0.2) is 0 Å². The van der Waals surface area contributed by atoms with Crippen LogP contribution in [0.25, 0.3) is 0 Å². The number of amides is 1. The summed E-state index contributed by atoms with van der Waals surface area (Å²) in [5.74, 6) is 2.49. The summed E-state index contributed by atoms with van der Waals surface area (Å²) in [5.41, 5.74) is 0. The molecule has 1 atom stereocenters. The van der Waals surface area contributed by atoms with Crippen LogP contribution in [-0.4, -0.2) is 72.6 Å². The van der Waals surface area contributed by atoms with Gasteiger partial charge in [-0.1, -0.05) is 0 Å². The Morgan fingerprint density at radius 3 is 2.82 bits per heavy atom. The molecule has 0 aromatic rings. The fraction of sp³-hybridized carbons (Fsp3) is 0.917. The van der Waals surface area contributed by atoms with E-state index in [1.54, 1.807) is 6.92 Å². The van der Waals surface area contributed by atoms with E-state index in [0.29, 0.717) is 6.04 Å². The molecule has 2 saturated heterocycles. The van der Waals surface area contributed by atoms with Gasteiger partial charge in [0.1, 0.15) is 0 Å². The summed E-state index contributed by atoms with van der Waals surface area (Å²) in [6, 6.07) is 0.387. The second-order valence-corrected chi connectivity index (χ2v) is 5.86. The molecule has 2 rings (SSSR count). The Morgan fingerprint density at radius 1 is 1.35 bits per heavy atom. The molecule has 0 aromatic heterocycles. The first-order valence-corrected chi connectivity index (χ1v) is 7.58. The van der Waals surface area contributed by atoms with Gasteiger partial charge < -0.3 is 9.64 Å². The van der Waals surface area contributed by atoms with Crippen LogP contribution in [0.15, 0.2) is 0 Å². The van der Waals surface area contributed by atoms with Gasteiger partial charge in [-0.3, -0.25) is 9.69 Å². The molecule has 0 radical (unpaired) electrons. The Balaban J connectivity index is 1.91. The summed E-state index contributed by atoms with van der Waals surface area (Å²) in [5, 5.41) is 0. The lowest BCUT2D eigenvalue weighted by Gasteiger charge is -2.35. The molecule has 17 heavy (non-hydrogen) atoms. The second-order valence-electron chi connectivity index (χ2n) is 4.71. The minimum atomic E-state index is 0.228. The van der Waals surface area contributed by atoms with Crippen molar-refractivity contribution < 1.29 is 9.53 Å². The number of carbonyl (C=O) groups is 1. The maximum Gasteiger partial charge on any atom is 0.219 e. The summed E-state index contributed by atoms with van der Waals surface area (Å²) >= 11 is 1.98. The van der Waals surface area contributed by atoms with E-state index in [1.807, 2.05) is 11.8 Å². The van der Waals surface area contributed by atoms with E-state index in [1.165, 1.54) is 5.75 Å². The second kappa shape index (κ2) is 6.61. The lowest BCUT2D eigenvalue weighted by molar-refractivity contribution is -0.131. The van der Waals surface area contributed by atoms with Gasteiger partial charge >= 0.3 is 0 Å². The van der Waals surface area contributed by atoms with Crippen LogP contribution in [0.5, 0.6) is 0 Å². The standard InChI is InChI=1S/C12H22N2O2S/c1-11(15)14-3-2-8-17-10-12(14)9-13-4-6-16-7-5-13/h12H,2-10H2,1H3. The molecule has 2 aliphatic rings. The predicted molar refractivity (Wildman–Crippen MR) is 70.4 cm³/mol. The van der Waals surface area contributed by atoms with Crippen molar-refractivity contribution in [2.24, 2.45) is 0 Å². The molecule has 2 aliphatic heterocycles. The number of thioether (sulfide) groups is 1. The van der Waals surface area contributed by atoms with Crippen molar-refractivity contribution in [1.29, 1.82) is 0 Å². The Labute approximate surface area is 108 Å². The van der Waals surface area contributed by atoms with E-state index < -0.39 is 0 Å². The van der Waals surface area contributed by atoms with Gasteiger partial charge in [0.05, 0.1) is 19.3 Å². The smallest absolute Gasteiger partial charge is 0.219 e. The third-order valence-corrected chi connectivity index (χ3v) is 4.61. The van der Waals surface area contributed by atoms with Crippen molar-refractivity contribution in [1.82, 2.24) is 9.80 Å². The zero-order chi connectivity index (χ0) is 12.1. The highest BCUT2D eigenvalue weighted by Crippen LogP contribution is 2.17. The molecule has 0 bridgehead atoms. The van der Waals surface area contributed by atoms with E-state index >= 15 is 0 Å². The van der Waals surface area contributed by atoms with Crippen molar-refractivity contribution in [2.45, 2.75) is 19.4 Å². The summed E-state index contributed by atoms with van der Waals surface area (Å²) < 4.78 is 5.36. The van der Waals surface area contributed by atoms with Gasteiger partial charge in [0.2, 0.25) is 5.91 Å². The molecule has 0 saturated carbocycles. The number of hydrogen-bond donors (Lipinski definition) is 0. The molecule has 0 N–H and O–H groups in total. The van der Waals surface area contributed by atoms with Crippen LogP contribution < -0.4 is 0 Å². The SMILES string of the molecule is CC(=O)N1CCCSCC1CN1CCOCC1. The fourth-order valence-corrected chi connectivity index (χ4v) is 3.53. The minimum absolute atomic E-state index is 0.228. The normalized spacial score (nSPS) is 27.8. The zero-order valence-electron chi connectivity index (χ0n) is 10.6. The minimum Gasteiger partial charge on any atom is -0.379 e. The van der Waals surface area contributed by atoms with Gasteiger partial charge in [-0.2, -0.15) is 11.8 Å². The maximum atomic E-state index is 11.7. The van der Waals surface area contributed by atoms with Crippen molar-refractivity contribution in [3.05, 3.63) is 0 Å². The van der Waals surface area contributed by atoms with Gasteiger partial charge in [0, 0.05) is 38.9 Å². The monoisotopic (exact) mass is 258 g/mol. The van der Waals surface area contributed by atoms with Crippen LogP contribution >= 0.6 is 11.8 Å². The molecule has 0 spiro atoms. The van der Waals surface area contributed by atoms with Crippen molar-refractivity contribution in [2.75, 3.05) is 50.9 Å². The summed E-state index contributed by atoms with van der Waals surface area (Å²) in [7, 11) is 0. The van der Waals surface area contributed by atoms with Crippen molar-refractivity contribution in [3.8, 4) is 0 Å². The number of hydrogen-bond acceptors (Lipinski definition) is 4. The number of ether oxygens (including phenoxy) is 1. The van der Waals surface area contributed by atoms with Crippen molar-refractivity contribution in [3.63, 3.8) is 0 Å². The highest BCUT2D eigenvalue weighted by atomic mass is 32.2. The first-order chi connectivity index (χ1) is 8.27. The molecule has 1 amide bonds. The molecule has 1 unspecified atom stereocenters. The quantitative estimate of drug-likeness (QED) is 0.729. The van der Waals surface area contributed by atoms with E-state index in [0.717, 1.165) is 51.6 Å². The van der Waals surface area contributed by atoms with Crippen LogP contribution in [0, 0.1) is 0 Å². The molecule has 2 fully saturated rings. The lowest BCUT2D eigenvalue weighted by Crippen LogP contribution is -2.49. The number of nitrogens with zero attached hydrogens (tertiary/aromatic N) is 2. The molecule has 2 heterocycles. The highest BCUT2D eigenvalue weighted by molar-refractivity contribution is 7.99. The average molecular weight is 258 g/mol. The largest absolute Gasteiger partial charge is 0.379 e. The van der Waals surface area contributed by atoms with Crippen LogP contribution in [0.2, 0.25) is 0 Å². The number of carbonyl (C=O) groups excluding carboxylic acids is 1. The zero-order valence-corrected chi connectivity index (χ0v) is 11.4. The molecule has 5 heteroatoms. The van der Waals surface area contributed by atoms with Crippen LogP contribution in [0.3, 0.4) is 0 Å². The van der Waals surface area contributed by atoms with Gasteiger partial charge in [-0.15, -0.1) is 0 Å². The number of rotatable bonds is 2. The van der Waals surface area contributed by atoms with Gasteiger partial charge in [0.25, 0.3) is 0 Å². The van der Waals surface area contributed by atoms with E-state index in [2.05, 4.69) is 9.80 Å². The maximum absolute atomic E-state index is 11.7. The van der Waals surface area contributed by atoms with Gasteiger partial charge in [0.15, 0.2) is 0 Å². The molecular weight excluding hydrogens is 236 g/mol. The third kappa shape index (κ3) is 3.86. The molecule has 0 aromatic carbocycles. The summed E-state index contributed by atoms with van der Waals surface area (Å²) in [6.45, 7) is 7.31. The van der Waals surface area contributed by atoms with Crippen LogP contribution in [0.1, 0.15) is 13.3 Å². The lowest BCUT2D eigenvalue weighted by atomic mass is 10.2. The molecule has 0 aliphatic carbocycles. The Kier molecular flexibility index (Phi) is 5.13. The van der Waals surface area contributed by atoms with Crippen molar-refractivity contribution >= 4 is 17.7 Å². The van der Waals surface area contributed by atoms with Gasteiger partial charge in [-0.05, 0) is 12.2 Å². The van der Waals surface area contributed by atoms with Crippen LogP contribution in [0.4, 0.5) is 0 Å². The topological polar surface area (TPSA) is 32.8 Å². The summed E-state index contributed by atoms with van der Waals surface area (Å²) in [4.78, 5) is 16.2. The van der Waals surface area contributed by atoms with E-state index in [-0.39, 0.29) is 5.91 Å². The van der Waals surface area contributed by atoms with E-state index in [9.17, 15) is 4.79 Å². The summed E-state index contributed by atoms with van der Waals surface area (Å²) in [6.07, 6.45) is 1.13. The van der Waals surface area contributed by atoms with E-state index in [4.69, 9.17) is 4.74 Å². The number of morpholine rings is 1. The molecule has 4 nitrogen and oxygen atoms in total. The first kappa shape index (κ1) is 13.2. The van der Waals surface area contributed by atoms with Crippen LogP contribution in [-0.2, 0) is 9.53 Å².